The van der Waals surface area contributed by atoms with Crippen LogP contribution in [0.15, 0.2) is 0 Å². The molecule has 0 aliphatic rings. The summed E-state index contributed by atoms with van der Waals surface area (Å²) in [4.78, 5) is 13.4. The van der Waals surface area contributed by atoms with Crippen molar-refractivity contribution in [1.82, 2.24) is 4.90 Å². The third-order valence-corrected chi connectivity index (χ3v) is 2.19. The molecule has 0 rings (SSSR count). The van der Waals surface area contributed by atoms with E-state index < -0.39 is 0 Å². The zero-order chi connectivity index (χ0) is 11.5. The summed E-state index contributed by atoms with van der Waals surface area (Å²) in [5, 5.41) is 0. The molecular weight excluding hydrogens is 218 g/mol. The first-order chi connectivity index (χ1) is 7.26. The van der Waals surface area contributed by atoms with Crippen molar-refractivity contribution in [2.45, 2.75) is 12.8 Å². The van der Waals surface area contributed by atoms with Crippen molar-refractivity contribution in [2.75, 3.05) is 46.4 Å². The number of hydrogen-bond acceptors (Lipinski definition) is 3. The molecule has 0 fully saturated rings. The normalized spacial score (nSPS) is 10.3. The van der Waals surface area contributed by atoms with E-state index in [1.165, 1.54) is 0 Å². The maximum absolute atomic E-state index is 11.6. The highest BCUT2D eigenvalue weighted by Crippen LogP contribution is 1.98. The molecule has 0 heterocycles. The van der Waals surface area contributed by atoms with Crippen molar-refractivity contribution in [1.29, 1.82) is 0 Å². The Labute approximate surface area is 96.5 Å². The molecule has 0 aromatic rings. The first-order valence-corrected chi connectivity index (χ1v) is 5.61. The van der Waals surface area contributed by atoms with Crippen LogP contribution < -0.4 is 0 Å². The first-order valence-electron chi connectivity index (χ1n) is 5.07. The van der Waals surface area contributed by atoms with Gasteiger partial charge in [0.1, 0.15) is 0 Å². The van der Waals surface area contributed by atoms with Gasteiger partial charge in [-0.05, 0) is 6.42 Å². The highest BCUT2D eigenvalue weighted by Gasteiger charge is 2.11. The fraction of sp³-hybridized carbons (Fsp3) is 0.900. The van der Waals surface area contributed by atoms with Gasteiger partial charge in [0.15, 0.2) is 0 Å². The lowest BCUT2D eigenvalue weighted by Crippen LogP contribution is -2.35. The molecule has 0 aromatic carbocycles. The SMILES string of the molecule is COCCCN(CCOC)C(=O)CCCl. The molecule has 0 radical (unpaired) electrons. The molecule has 1 amide bonds. The predicted octanol–water partition coefficient (Wildman–Crippen LogP) is 1.13. The van der Waals surface area contributed by atoms with E-state index in [1.807, 2.05) is 0 Å². The quantitative estimate of drug-likeness (QED) is 0.446. The summed E-state index contributed by atoms with van der Waals surface area (Å²) in [5.74, 6) is 0.449. The van der Waals surface area contributed by atoms with Gasteiger partial charge in [-0.1, -0.05) is 0 Å². The van der Waals surface area contributed by atoms with Gasteiger partial charge in [0, 0.05) is 46.2 Å². The minimum atomic E-state index is 0.0816. The van der Waals surface area contributed by atoms with Crippen LogP contribution in [0.2, 0.25) is 0 Å². The molecule has 0 atom stereocenters. The van der Waals surface area contributed by atoms with Crippen LogP contribution in [0.1, 0.15) is 12.8 Å². The van der Waals surface area contributed by atoms with Gasteiger partial charge in [-0.15, -0.1) is 11.6 Å². The van der Waals surface area contributed by atoms with Gasteiger partial charge in [-0.25, -0.2) is 0 Å². The van der Waals surface area contributed by atoms with Gasteiger partial charge >= 0.3 is 0 Å². The molecule has 0 saturated heterocycles. The van der Waals surface area contributed by atoms with E-state index in [0.29, 0.717) is 38.6 Å². The predicted molar refractivity (Wildman–Crippen MR) is 60.3 cm³/mol. The third kappa shape index (κ3) is 7.59. The summed E-state index contributed by atoms with van der Waals surface area (Å²) in [7, 11) is 3.28. The van der Waals surface area contributed by atoms with Crippen molar-refractivity contribution >= 4 is 17.5 Å². The molecular formula is C10H20ClNO3. The second-order valence-electron chi connectivity index (χ2n) is 3.16. The second-order valence-corrected chi connectivity index (χ2v) is 3.54. The van der Waals surface area contributed by atoms with E-state index in [4.69, 9.17) is 21.1 Å². The topological polar surface area (TPSA) is 38.8 Å². The maximum Gasteiger partial charge on any atom is 0.223 e. The number of carbonyl (C=O) groups excluding carboxylic acids is 1. The van der Waals surface area contributed by atoms with Crippen LogP contribution in [0.3, 0.4) is 0 Å². The number of methoxy groups -OCH3 is 2. The minimum absolute atomic E-state index is 0.0816. The number of amides is 1. The van der Waals surface area contributed by atoms with Crippen molar-refractivity contribution < 1.29 is 14.3 Å². The van der Waals surface area contributed by atoms with E-state index in [1.54, 1.807) is 19.1 Å². The number of halogens is 1. The molecule has 0 spiro atoms. The third-order valence-electron chi connectivity index (χ3n) is 2.00. The number of alkyl halides is 1. The van der Waals surface area contributed by atoms with Gasteiger partial charge < -0.3 is 14.4 Å². The number of ether oxygens (including phenoxy) is 2. The molecule has 5 heteroatoms. The van der Waals surface area contributed by atoms with Crippen LogP contribution >= 0.6 is 11.6 Å². The summed E-state index contributed by atoms with van der Waals surface area (Å²) in [6, 6.07) is 0. The van der Waals surface area contributed by atoms with Crippen LogP contribution in [0.4, 0.5) is 0 Å². The molecule has 0 bridgehead atoms. The standard InChI is InChI=1S/C10H20ClNO3/c1-14-8-3-6-12(7-9-15-2)10(13)4-5-11/h3-9H2,1-2H3. The minimum Gasteiger partial charge on any atom is -0.385 e. The van der Waals surface area contributed by atoms with Crippen LogP contribution in [-0.2, 0) is 14.3 Å². The second kappa shape index (κ2) is 10.2. The maximum atomic E-state index is 11.6. The molecule has 0 aliphatic carbocycles. The lowest BCUT2D eigenvalue weighted by atomic mass is 10.3. The molecule has 0 saturated carbocycles. The van der Waals surface area contributed by atoms with Crippen molar-refractivity contribution in [3.8, 4) is 0 Å². The van der Waals surface area contributed by atoms with E-state index in [0.717, 1.165) is 6.42 Å². The number of rotatable bonds is 9. The Kier molecular flexibility index (Phi) is 9.99. The molecule has 90 valence electrons. The highest BCUT2D eigenvalue weighted by atomic mass is 35.5. The van der Waals surface area contributed by atoms with Crippen LogP contribution in [-0.4, -0.2) is 57.2 Å². The molecule has 0 unspecified atom stereocenters. The smallest absolute Gasteiger partial charge is 0.223 e. The zero-order valence-corrected chi connectivity index (χ0v) is 10.3. The highest BCUT2D eigenvalue weighted by molar-refractivity contribution is 6.18. The van der Waals surface area contributed by atoms with Gasteiger partial charge in [0.25, 0.3) is 0 Å². The Morgan fingerprint density at radius 2 is 1.87 bits per heavy atom. The number of carbonyl (C=O) groups is 1. The Hall–Kier alpha value is -0.320. The molecule has 0 N–H and O–H groups in total. The van der Waals surface area contributed by atoms with Gasteiger partial charge in [0.2, 0.25) is 5.91 Å². The van der Waals surface area contributed by atoms with Crippen molar-refractivity contribution in [2.24, 2.45) is 0 Å². The summed E-state index contributed by atoms with van der Waals surface area (Å²) >= 11 is 5.53. The molecule has 4 nitrogen and oxygen atoms in total. The molecule has 0 aromatic heterocycles. The average Bonchev–Trinajstić information content (AvgIpc) is 2.23. The van der Waals surface area contributed by atoms with Gasteiger partial charge in [-0.2, -0.15) is 0 Å². The lowest BCUT2D eigenvalue weighted by Gasteiger charge is -2.21. The van der Waals surface area contributed by atoms with Crippen molar-refractivity contribution in [3.05, 3.63) is 0 Å². The number of nitrogens with zero attached hydrogens (tertiary/aromatic N) is 1. The fourth-order valence-electron chi connectivity index (χ4n) is 1.20. The van der Waals surface area contributed by atoms with E-state index in [2.05, 4.69) is 0 Å². The van der Waals surface area contributed by atoms with Crippen LogP contribution in [0.5, 0.6) is 0 Å². The summed E-state index contributed by atoms with van der Waals surface area (Å²) in [6.07, 6.45) is 1.23. The van der Waals surface area contributed by atoms with Crippen LogP contribution in [0, 0.1) is 0 Å². The van der Waals surface area contributed by atoms with E-state index in [9.17, 15) is 4.79 Å². The lowest BCUT2D eigenvalue weighted by molar-refractivity contribution is -0.131. The first kappa shape index (κ1) is 14.7. The fourth-order valence-corrected chi connectivity index (χ4v) is 1.36. The monoisotopic (exact) mass is 237 g/mol. The summed E-state index contributed by atoms with van der Waals surface area (Å²) in [6.45, 7) is 2.54. The Morgan fingerprint density at radius 3 is 2.40 bits per heavy atom. The largest absolute Gasteiger partial charge is 0.385 e. The van der Waals surface area contributed by atoms with E-state index >= 15 is 0 Å². The molecule has 15 heavy (non-hydrogen) atoms. The van der Waals surface area contributed by atoms with E-state index in [-0.39, 0.29) is 5.91 Å². The zero-order valence-electron chi connectivity index (χ0n) is 9.50. The Bertz CT molecular complexity index is 167. The number of hydrogen-bond donors (Lipinski definition) is 0. The van der Waals surface area contributed by atoms with Gasteiger partial charge in [0.05, 0.1) is 6.61 Å². The average molecular weight is 238 g/mol. The summed E-state index contributed by atoms with van der Waals surface area (Å²) in [5.41, 5.74) is 0. The van der Waals surface area contributed by atoms with Crippen LogP contribution in [0.25, 0.3) is 0 Å². The Morgan fingerprint density at radius 1 is 1.20 bits per heavy atom. The molecule has 0 aliphatic heterocycles. The summed E-state index contributed by atoms with van der Waals surface area (Å²) < 4.78 is 9.89. The van der Waals surface area contributed by atoms with Gasteiger partial charge in [-0.3, -0.25) is 4.79 Å². The Balaban J connectivity index is 3.87. The van der Waals surface area contributed by atoms with Crippen molar-refractivity contribution in [3.63, 3.8) is 0 Å².